The molecule has 0 aliphatic carbocycles. The minimum atomic E-state index is -0.970. The van der Waals surface area contributed by atoms with Crippen LogP contribution < -0.4 is 5.73 Å². The number of carbonyl (C=O) groups is 1. The molecule has 0 saturated heterocycles. The van der Waals surface area contributed by atoms with Crippen LogP contribution >= 0.6 is 0 Å². The number of hydrogen-bond donors (Lipinski definition) is 2. The van der Waals surface area contributed by atoms with E-state index in [0.29, 0.717) is 5.69 Å². The van der Waals surface area contributed by atoms with E-state index >= 15 is 0 Å². The van der Waals surface area contributed by atoms with Crippen molar-refractivity contribution in [3.05, 3.63) is 90.8 Å². The number of anilines is 1. The number of nitrogens with two attached hydrogens (primary N) is 1. The van der Waals surface area contributed by atoms with E-state index in [4.69, 9.17) is 10.7 Å². The number of nitrogens with zero attached hydrogens (tertiary/aromatic N) is 4. The molecule has 6 aromatic rings. The van der Waals surface area contributed by atoms with E-state index in [1.807, 2.05) is 53.1 Å². The topological polar surface area (TPSA) is 107 Å². The van der Waals surface area contributed by atoms with E-state index < -0.39 is 5.97 Å². The van der Waals surface area contributed by atoms with Gasteiger partial charge in [0.25, 0.3) is 0 Å². The van der Waals surface area contributed by atoms with E-state index in [0.717, 1.165) is 49.9 Å². The van der Waals surface area contributed by atoms with Crippen molar-refractivity contribution in [1.82, 2.24) is 19.5 Å². The molecular weight excluding hydrogens is 414 g/mol. The summed E-state index contributed by atoms with van der Waals surface area (Å²) in [6.07, 6.45) is 3.51. The van der Waals surface area contributed by atoms with Crippen molar-refractivity contribution in [3.63, 3.8) is 0 Å². The van der Waals surface area contributed by atoms with Gasteiger partial charge in [-0.15, -0.1) is 0 Å². The van der Waals surface area contributed by atoms with Crippen molar-refractivity contribution in [2.75, 3.05) is 5.73 Å². The number of nitrogen functional groups attached to an aromatic ring is 1. The number of aromatic nitrogens is 4. The van der Waals surface area contributed by atoms with E-state index in [9.17, 15) is 9.90 Å². The second-order valence-corrected chi connectivity index (χ2v) is 7.74. The maximum atomic E-state index is 11.4. The van der Waals surface area contributed by atoms with E-state index in [1.54, 1.807) is 36.7 Å². The third-order valence-electron chi connectivity index (χ3n) is 5.77. The van der Waals surface area contributed by atoms with Crippen LogP contribution in [0.1, 0.15) is 10.4 Å². The van der Waals surface area contributed by atoms with Gasteiger partial charge in [0, 0.05) is 40.1 Å². The molecule has 3 N–H and O–H groups in total. The van der Waals surface area contributed by atoms with Gasteiger partial charge in [-0.1, -0.05) is 0 Å². The Hall–Kier alpha value is -4.78. The highest BCUT2D eigenvalue weighted by atomic mass is 16.4. The molecule has 0 bridgehead atoms. The SMILES string of the molecule is Nc1ccc(-c2nc3c4cccnc4c4ncccc4c3n2-c2ccc(C(=O)O)cc2)cc1. The van der Waals surface area contributed by atoms with Crippen LogP contribution in [0.15, 0.2) is 85.2 Å². The van der Waals surface area contributed by atoms with Gasteiger partial charge in [0.05, 0.1) is 27.6 Å². The minimum absolute atomic E-state index is 0.221. The van der Waals surface area contributed by atoms with E-state index in [-0.39, 0.29) is 5.56 Å². The van der Waals surface area contributed by atoms with Crippen molar-refractivity contribution in [2.24, 2.45) is 0 Å². The van der Waals surface area contributed by atoms with Gasteiger partial charge in [0.2, 0.25) is 0 Å². The summed E-state index contributed by atoms with van der Waals surface area (Å²) in [6.45, 7) is 0. The number of benzene rings is 3. The van der Waals surface area contributed by atoms with Gasteiger partial charge >= 0.3 is 5.97 Å². The summed E-state index contributed by atoms with van der Waals surface area (Å²) in [4.78, 5) is 25.7. The molecule has 6 rings (SSSR count). The monoisotopic (exact) mass is 431 g/mol. The molecule has 0 unspecified atom stereocenters. The molecule has 0 amide bonds. The number of carboxylic acid groups (broad SMARTS) is 1. The van der Waals surface area contributed by atoms with Crippen LogP contribution in [0.4, 0.5) is 5.69 Å². The molecule has 0 fully saturated rings. The van der Waals surface area contributed by atoms with Crippen molar-refractivity contribution in [3.8, 4) is 17.1 Å². The fourth-order valence-electron chi connectivity index (χ4n) is 4.26. The zero-order valence-electron chi connectivity index (χ0n) is 17.3. The number of hydrogen-bond acceptors (Lipinski definition) is 5. The molecule has 0 aliphatic rings. The van der Waals surface area contributed by atoms with Crippen molar-refractivity contribution < 1.29 is 9.90 Å². The minimum Gasteiger partial charge on any atom is -0.478 e. The average molecular weight is 431 g/mol. The van der Waals surface area contributed by atoms with Gasteiger partial charge in [-0.3, -0.25) is 14.5 Å². The highest BCUT2D eigenvalue weighted by Crippen LogP contribution is 2.37. The summed E-state index contributed by atoms with van der Waals surface area (Å²) in [7, 11) is 0. The average Bonchev–Trinajstić information content (AvgIpc) is 3.26. The molecule has 0 radical (unpaired) electrons. The molecule has 0 aliphatic heterocycles. The first-order valence-corrected chi connectivity index (χ1v) is 10.4. The predicted octanol–water partition coefficient (Wildman–Crippen LogP) is 5.07. The molecule has 0 saturated carbocycles. The zero-order valence-corrected chi connectivity index (χ0v) is 17.3. The fraction of sp³-hybridized carbons (Fsp3) is 0. The molecule has 7 nitrogen and oxygen atoms in total. The first kappa shape index (κ1) is 18.9. The smallest absolute Gasteiger partial charge is 0.335 e. The lowest BCUT2D eigenvalue weighted by Crippen LogP contribution is -2.01. The van der Waals surface area contributed by atoms with Gasteiger partial charge in [-0.2, -0.15) is 0 Å². The van der Waals surface area contributed by atoms with Gasteiger partial charge < -0.3 is 10.8 Å². The number of rotatable bonds is 3. The summed E-state index contributed by atoms with van der Waals surface area (Å²) in [5.74, 6) is -0.253. The molecule has 0 spiro atoms. The lowest BCUT2D eigenvalue weighted by molar-refractivity contribution is 0.0697. The molecule has 158 valence electrons. The summed E-state index contributed by atoms with van der Waals surface area (Å²) in [6, 6.07) is 22.1. The molecule has 3 heterocycles. The second kappa shape index (κ2) is 7.13. The van der Waals surface area contributed by atoms with Crippen molar-refractivity contribution in [2.45, 2.75) is 0 Å². The summed E-state index contributed by atoms with van der Waals surface area (Å²) in [5.41, 5.74) is 11.7. The summed E-state index contributed by atoms with van der Waals surface area (Å²) >= 11 is 0. The van der Waals surface area contributed by atoms with Crippen LogP contribution in [0.5, 0.6) is 0 Å². The Bertz CT molecular complexity index is 1690. The number of pyridine rings is 2. The number of fused-ring (bicyclic) bond motifs is 6. The highest BCUT2D eigenvalue weighted by Gasteiger charge is 2.21. The fourth-order valence-corrected chi connectivity index (χ4v) is 4.26. The van der Waals surface area contributed by atoms with E-state index in [1.165, 1.54) is 0 Å². The van der Waals surface area contributed by atoms with Gasteiger partial charge in [-0.05, 0) is 72.8 Å². The third kappa shape index (κ3) is 2.90. The van der Waals surface area contributed by atoms with Crippen LogP contribution in [-0.2, 0) is 0 Å². The van der Waals surface area contributed by atoms with Crippen LogP contribution in [0.3, 0.4) is 0 Å². The van der Waals surface area contributed by atoms with Crippen LogP contribution in [0.25, 0.3) is 49.9 Å². The molecular formula is C26H17N5O2. The first-order chi connectivity index (χ1) is 16.1. The van der Waals surface area contributed by atoms with Gasteiger partial charge in [-0.25, -0.2) is 9.78 Å². The zero-order chi connectivity index (χ0) is 22.5. The number of imidazole rings is 1. The maximum absolute atomic E-state index is 11.4. The van der Waals surface area contributed by atoms with E-state index in [2.05, 4.69) is 9.97 Å². The normalized spacial score (nSPS) is 11.4. The second-order valence-electron chi connectivity index (χ2n) is 7.74. The number of aromatic carboxylic acids is 1. The Kier molecular flexibility index (Phi) is 4.10. The predicted molar refractivity (Wildman–Crippen MR) is 128 cm³/mol. The van der Waals surface area contributed by atoms with Crippen molar-refractivity contribution in [1.29, 1.82) is 0 Å². The maximum Gasteiger partial charge on any atom is 0.335 e. The third-order valence-corrected chi connectivity index (χ3v) is 5.77. The molecule has 0 atom stereocenters. The van der Waals surface area contributed by atoms with Gasteiger partial charge in [0.15, 0.2) is 0 Å². The molecule has 33 heavy (non-hydrogen) atoms. The quantitative estimate of drug-likeness (QED) is 0.299. The Balaban J connectivity index is 1.80. The lowest BCUT2D eigenvalue weighted by Gasteiger charge is -2.12. The van der Waals surface area contributed by atoms with Crippen LogP contribution in [-0.4, -0.2) is 30.6 Å². The van der Waals surface area contributed by atoms with Crippen molar-refractivity contribution >= 4 is 44.5 Å². The van der Waals surface area contributed by atoms with Crippen LogP contribution in [0.2, 0.25) is 0 Å². The van der Waals surface area contributed by atoms with Gasteiger partial charge in [0.1, 0.15) is 5.82 Å². The Morgan fingerprint density at radius 2 is 1.42 bits per heavy atom. The summed E-state index contributed by atoms with van der Waals surface area (Å²) < 4.78 is 2.04. The molecule has 3 aromatic heterocycles. The first-order valence-electron chi connectivity index (χ1n) is 10.4. The Labute approximate surface area is 187 Å². The highest BCUT2D eigenvalue weighted by molar-refractivity contribution is 6.21. The largest absolute Gasteiger partial charge is 0.478 e. The number of carboxylic acids is 1. The Morgan fingerprint density at radius 3 is 2.09 bits per heavy atom. The Morgan fingerprint density at radius 1 is 0.788 bits per heavy atom. The summed E-state index contributed by atoms with van der Waals surface area (Å²) in [5, 5.41) is 11.2. The lowest BCUT2D eigenvalue weighted by atomic mass is 10.1. The molecule has 7 heteroatoms. The standard InChI is InChI=1S/C26H17N5O2/c27-17-9-5-15(6-10-17)25-30-23-19-3-1-13-28-21(19)22-20(4-2-14-29-22)24(23)31(25)18-11-7-16(8-12-18)26(32)33/h1-14H,27H2,(H,32,33). The van der Waals surface area contributed by atoms with Crippen LogP contribution in [0, 0.1) is 0 Å². The molecule has 3 aromatic carbocycles.